The summed E-state index contributed by atoms with van der Waals surface area (Å²) in [7, 11) is -3.79. The molecule has 0 aromatic heterocycles. The molecule has 1 aromatic rings. The van der Waals surface area contributed by atoms with Crippen molar-refractivity contribution in [3.8, 4) is 0 Å². The second-order valence-electron chi connectivity index (χ2n) is 11.4. The molecule has 1 aromatic carbocycles. The smallest absolute Gasteiger partial charge is 0.307 e. The Kier molecular flexibility index (Phi) is 4.92. The fourth-order valence-electron chi connectivity index (χ4n) is 7.52. The van der Waals surface area contributed by atoms with E-state index in [4.69, 9.17) is 0 Å². The van der Waals surface area contributed by atoms with Gasteiger partial charge in [-0.25, -0.2) is 17.9 Å². The summed E-state index contributed by atoms with van der Waals surface area (Å²) in [4.78, 5) is 17.9. The van der Waals surface area contributed by atoms with Crippen LogP contribution in [-0.4, -0.2) is 66.8 Å². The van der Waals surface area contributed by atoms with Crippen LogP contribution in [0.4, 0.5) is 10.5 Å². The summed E-state index contributed by atoms with van der Waals surface area (Å²) in [6.45, 7) is 7.46. The lowest BCUT2D eigenvalue weighted by atomic mass is 9.73. The number of urea groups is 1. The van der Waals surface area contributed by atoms with Gasteiger partial charge in [0.1, 0.15) is 0 Å². The zero-order valence-corrected chi connectivity index (χ0v) is 20.7. The van der Waals surface area contributed by atoms with Gasteiger partial charge in [0.15, 0.2) is 0 Å². The lowest BCUT2D eigenvalue weighted by molar-refractivity contribution is -0.143. The Morgan fingerprint density at radius 1 is 1.03 bits per heavy atom. The monoisotopic (exact) mass is 472 g/mol. The molecule has 33 heavy (non-hydrogen) atoms. The number of benzene rings is 1. The largest absolute Gasteiger partial charge is 0.332 e. The molecule has 2 aliphatic carbocycles. The van der Waals surface area contributed by atoms with Gasteiger partial charge in [-0.15, -0.1) is 0 Å². The highest BCUT2D eigenvalue weighted by molar-refractivity contribution is 7.90. The van der Waals surface area contributed by atoms with E-state index in [1.165, 1.54) is 22.3 Å². The van der Waals surface area contributed by atoms with E-state index in [1.54, 1.807) is 0 Å². The Morgan fingerprint density at radius 3 is 2.36 bits per heavy atom. The van der Waals surface area contributed by atoms with Crippen LogP contribution in [0, 0.1) is 0 Å². The highest BCUT2D eigenvalue weighted by Crippen LogP contribution is 2.48. The number of anilines is 1. The number of hydrogen-bond acceptors (Lipinski definition) is 5. The number of sulfonamides is 1. The maximum Gasteiger partial charge on any atom is 0.332 e. The second kappa shape index (κ2) is 7.43. The standard InChI is InChI=1S/C25H36N4O3S/c1-24-10-5-12-29(24)21(25(2)11-13-28(25)16-24)15-33(31,32)27-23(30)26-22-19-8-3-6-17(19)14-18-7-4-9-20(18)22/h14,21H,3-13,15-16H2,1-2H3,(H2,26,27,30)/t21?,24-,25?/m0/s1. The number of amides is 2. The van der Waals surface area contributed by atoms with Crippen LogP contribution >= 0.6 is 0 Å². The van der Waals surface area contributed by atoms with Gasteiger partial charge in [-0.05, 0) is 100 Å². The molecular weight excluding hydrogens is 436 g/mol. The van der Waals surface area contributed by atoms with Crippen molar-refractivity contribution in [3.05, 3.63) is 28.3 Å². The number of fused-ring (bicyclic) bond motifs is 4. The predicted octanol–water partition coefficient (Wildman–Crippen LogP) is 2.82. The fourth-order valence-corrected chi connectivity index (χ4v) is 8.89. The minimum Gasteiger partial charge on any atom is -0.307 e. The Bertz CT molecular complexity index is 1090. The van der Waals surface area contributed by atoms with Crippen molar-refractivity contribution >= 4 is 21.7 Å². The first-order valence-electron chi connectivity index (χ1n) is 12.7. The van der Waals surface area contributed by atoms with Crippen LogP contribution < -0.4 is 10.0 Å². The number of carbonyl (C=O) groups is 1. The van der Waals surface area contributed by atoms with Gasteiger partial charge in [-0.2, -0.15) is 0 Å². The Labute approximate surface area is 197 Å². The summed E-state index contributed by atoms with van der Waals surface area (Å²) in [5, 5.41) is 2.98. The maximum atomic E-state index is 13.3. The fraction of sp³-hybridized carbons (Fsp3) is 0.720. The number of nitrogens with zero attached hydrogens (tertiary/aromatic N) is 2. The van der Waals surface area contributed by atoms with Crippen LogP contribution in [0.15, 0.2) is 6.07 Å². The van der Waals surface area contributed by atoms with Gasteiger partial charge in [-0.3, -0.25) is 9.80 Å². The molecule has 3 atom stereocenters. The van der Waals surface area contributed by atoms with E-state index in [0.29, 0.717) is 0 Å². The molecule has 180 valence electrons. The van der Waals surface area contributed by atoms with E-state index in [1.807, 2.05) is 0 Å². The van der Waals surface area contributed by atoms with Crippen LogP contribution in [-0.2, 0) is 35.7 Å². The molecule has 2 N–H and O–H groups in total. The molecule has 0 spiro atoms. The zero-order valence-electron chi connectivity index (χ0n) is 19.9. The van der Waals surface area contributed by atoms with Gasteiger partial charge in [0.05, 0.1) is 5.75 Å². The molecule has 3 heterocycles. The molecule has 8 heteroatoms. The summed E-state index contributed by atoms with van der Waals surface area (Å²) in [5.41, 5.74) is 5.85. The zero-order chi connectivity index (χ0) is 23.0. The summed E-state index contributed by atoms with van der Waals surface area (Å²) < 4.78 is 28.9. The highest BCUT2D eigenvalue weighted by Gasteiger charge is 2.60. The van der Waals surface area contributed by atoms with Gasteiger partial charge in [0, 0.05) is 35.9 Å². The SMILES string of the molecule is CC12CCN1C[C@]1(C)CCCN1C2CS(=O)(=O)NC(=O)Nc1c2c(cc3c1CCC3)CCC2. The number of nitrogens with one attached hydrogen (secondary N) is 2. The summed E-state index contributed by atoms with van der Waals surface area (Å²) in [6, 6.07) is 1.61. The van der Waals surface area contributed by atoms with E-state index in [0.717, 1.165) is 83.1 Å². The summed E-state index contributed by atoms with van der Waals surface area (Å²) >= 11 is 0. The molecule has 3 fully saturated rings. The van der Waals surface area contributed by atoms with Crippen LogP contribution in [0.5, 0.6) is 0 Å². The van der Waals surface area contributed by atoms with Crippen LogP contribution in [0.2, 0.25) is 0 Å². The Balaban J connectivity index is 1.21. The molecule has 2 unspecified atom stereocenters. The molecule has 7 nitrogen and oxygen atoms in total. The number of rotatable bonds is 4. The number of hydrogen-bond donors (Lipinski definition) is 2. The molecule has 5 aliphatic rings. The molecule has 0 radical (unpaired) electrons. The third-order valence-corrected chi connectivity index (χ3v) is 10.6. The van der Waals surface area contributed by atoms with Crippen molar-refractivity contribution in [2.45, 2.75) is 88.8 Å². The molecule has 0 saturated carbocycles. The molecule has 3 saturated heterocycles. The topological polar surface area (TPSA) is 81.8 Å². The van der Waals surface area contributed by atoms with Gasteiger partial charge in [0.25, 0.3) is 0 Å². The van der Waals surface area contributed by atoms with E-state index >= 15 is 0 Å². The molecule has 2 amide bonds. The van der Waals surface area contributed by atoms with Gasteiger partial charge in [-0.1, -0.05) is 6.07 Å². The molecule has 6 rings (SSSR count). The third-order valence-electron chi connectivity index (χ3n) is 9.38. The first-order valence-corrected chi connectivity index (χ1v) is 14.3. The Hall–Kier alpha value is -1.64. The van der Waals surface area contributed by atoms with E-state index < -0.39 is 16.1 Å². The average Bonchev–Trinajstić information content (AvgIpc) is 3.47. The van der Waals surface area contributed by atoms with E-state index in [-0.39, 0.29) is 22.9 Å². The van der Waals surface area contributed by atoms with Crippen LogP contribution in [0.25, 0.3) is 0 Å². The third kappa shape index (κ3) is 3.43. The highest BCUT2D eigenvalue weighted by atomic mass is 32.2. The average molecular weight is 473 g/mol. The normalized spacial score (nSPS) is 33.1. The minimum atomic E-state index is -3.79. The first kappa shape index (κ1) is 21.9. The van der Waals surface area contributed by atoms with Crippen molar-refractivity contribution < 1.29 is 13.2 Å². The van der Waals surface area contributed by atoms with E-state index in [9.17, 15) is 13.2 Å². The predicted molar refractivity (Wildman–Crippen MR) is 129 cm³/mol. The minimum absolute atomic E-state index is 0.0337. The van der Waals surface area contributed by atoms with Crippen molar-refractivity contribution in [1.82, 2.24) is 14.5 Å². The molecule has 0 bridgehead atoms. The van der Waals surface area contributed by atoms with Crippen LogP contribution in [0.3, 0.4) is 0 Å². The summed E-state index contributed by atoms with van der Waals surface area (Å²) in [6.07, 6.45) is 9.41. The first-order chi connectivity index (χ1) is 15.7. The lowest BCUT2D eigenvalue weighted by Crippen LogP contribution is -2.79. The quantitative estimate of drug-likeness (QED) is 0.704. The molecule has 3 aliphatic heterocycles. The number of piperazine rings is 1. The second-order valence-corrected chi connectivity index (χ2v) is 13.2. The van der Waals surface area contributed by atoms with Crippen LogP contribution in [0.1, 0.15) is 68.2 Å². The van der Waals surface area contributed by atoms with Crippen molar-refractivity contribution in [3.63, 3.8) is 0 Å². The van der Waals surface area contributed by atoms with Crippen molar-refractivity contribution in [2.24, 2.45) is 0 Å². The van der Waals surface area contributed by atoms with E-state index in [2.05, 4.69) is 39.8 Å². The summed E-state index contributed by atoms with van der Waals surface area (Å²) in [5.74, 6) is -0.0337. The number of aryl methyl sites for hydroxylation is 2. The van der Waals surface area contributed by atoms with Crippen molar-refractivity contribution in [2.75, 3.05) is 30.7 Å². The van der Waals surface area contributed by atoms with Gasteiger partial charge < -0.3 is 5.32 Å². The number of carbonyl (C=O) groups excluding carboxylic acids is 1. The molecular formula is C25H36N4O3S. The Morgan fingerprint density at radius 2 is 1.73 bits per heavy atom. The lowest BCUT2D eigenvalue weighted by Gasteiger charge is -2.65. The van der Waals surface area contributed by atoms with Crippen molar-refractivity contribution in [1.29, 1.82) is 0 Å². The van der Waals surface area contributed by atoms with Gasteiger partial charge >= 0.3 is 6.03 Å². The van der Waals surface area contributed by atoms with Gasteiger partial charge in [0.2, 0.25) is 10.0 Å². The maximum absolute atomic E-state index is 13.3.